The van der Waals surface area contributed by atoms with Crippen LogP contribution in [0.2, 0.25) is 0 Å². The summed E-state index contributed by atoms with van der Waals surface area (Å²) in [7, 11) is 0. The van der Waals surface area contributed by atoms with Crippen LogP contribution < -0.4 is 5.73 Å². The maximum Gasteiger partial charge on any atom is 0.131 e. The molecule has 1 aromatic rings. The van der Waals surface area contributed by atoms with Gasteiger partial charge in [-0.3, -0.25) is 4.90 Å². The highest BCUT2D eigenvalue weighted by molar-refractivity contribution is 5.76. The van der Waals surface area contributed by atoms with Crippen LogP contribution in [-0.2, 0) is 6.42 Å². The minimum absolute atomic E-state index is 0.150. The Labute approximate surface area is 150 Å². The van der Waals surface area contributed by atoms with Crippen LogP contribution >= 0.6 is 0 Å². The van der Waals surface area contributed by atoms with Gasteiger partial charge < -0.3 is 15.9 Å². The SMILES string of the molecule is CC1=C(CCCCCCN(CCO)CCO)c2nc(C)nc(N)c2C1. The second kappa shape index (κ2) is 9.85. The second-order valence-electron chi connectivity index (χ2n) is 6.87. The fourth-order valence-electron chi connectivity index (χ4n) is 3.56. The van der Waals surface area contributed by atoms with Crippen molar-refractivity contribution in [1.29, 1.82) is 0 Å². The topological polar surface area (TPSA) is 95.5 Å². The Morgan fingerprint density at radius 1 is 0.960 bits per heavy atom. The zero-order valence-electron chi connectivity index (χ0n) is 15.6. The quantitative estimate of drug-likeness (QED) is 0.529. The molecule has 1 heterocycles. The summed E-state index contributed by atoms with van der Waals surface area (Å²) in [5.74, 6) is 1.38. The molecule has 0 saturated carbocycles. The van der Waals surface area contributed by atoms with Crippen molar-refractivity contribution in [3.8, 4) is 0 Å². The number of nitrogens with zero attached hydrogens (tertiary/aromatic N) is 3. The molecule has 0 radical (unpaired) electrons. The number of unbranched alkanes of at least 4 members (excludes halogenated alkanes) is 3. The number of anilines is 1. The highest BCUT2D eigenvalue weighted by atomic mass is 16.3. The van der Waals surface area contributed by atoms with E-state index in [9.17, 15) is 0 Å². The number of nitrogen functional groups attached to an aromatic ring is 1. The maximum absolute atomic E-state index is 9.02. The van der Waals surface area contributed by atoms with Crippen LogP contribution in [0.1, 0.15) is 56.1 Å². The first-order valence-electron chi connectivity index (χ1n) is 9.32. The number of hydrogen-bond acceptors (Lipinski definition) is 6. The van der Waals surface area contributed by atoms with E-state index in [1.807, 2.05) is 6.92 Å². The number of allylic oxidation sites excluding steroid dienone is 2. The summed E-state index contributed by atoms with van der Waals surface area (Å²) >= 11 is 0. The van der Waals surface area contributed by atoms with Gasteiger partial charge in [-0.1, -0.05) is 18.4 Å². The summed E-state index contributed by atoms with van der Waals surface area (Å²) in [5.41, 5.74) is 10.9. The van der Waals surface area contributed by atoms with Gasteiger partial charge in [-0.05, 0) is 51.6 Å². The lowest BCUT2D eigenvalue weighted by molar-refractivity contribution is 0.159. The van der Waals surface area contributed by atoms with Gasteiger partial charge in [0, 0.05) is 18.7 Å². The monoisotopic (exact) mass is 348 g/mol. The van der Waals surface area contributed by atoms with Crippen LogP contribution in [0.4, 0.5) is 5.82 Å². The fraction of sp³-hybridized carbons (Fsp3) is 0.684. The summed E-state index contributed by atoms with van der Waals surface area (Å²) < 4.78 is 0. The normalized spacial score (nSPS) is 13.8. The lowest BCUT2D eigenvalue weighted by Crippen LogP contribution is -2.30. The van der Waals surface area contributed by atoms with Crippen molar-refractivity contribution in [3.63, 3.8) is 0 Å². The van der Waals surface area contributed by atoms with E-state index in [2.05, 4.69) is 21.8 Å². The van der Waals surface area contributed by atoms with E-state index in [0.29, 0.717) is 18.9 Å². The van der Waals surface area contributed by atoms with Gasteiger partial charge in [-0.25, -0.2) is 9.97 Å². The Morgan fingerprint density at radius 2 is 1.64 bits per heavy atom. The average molecular weight is 348 g/mol. The Bertz CT molecular complexity index is 595. The molecule has 1 aliphatic carbocycles. The number of hydrogen-bond donors (Lipinski definition) is 3. The van der Waals surface area contributed by atoms with Gasteiger partial charge in [0.05, 0.1) is 18.9 Å². The third kappa shape index (κ3) is 5.49. The minimum Gasteiger partial charge on any atom is -0.395 e. The van der Waals surface area contributed by atoms with E-state index < -0.39 is 0 Å². The van der Waals surface area contributed by atoms with Gasteiger partial charge >= 0.3 is 0 Å². The van der Waals surface area contributed by atoms with Crippen LogP contribution in [0.3, 0.4) is 0 Å². The van der Waals surface area contributed by atoms with E-state index >= 15 is 0 Å². The Kier molecular flexibility index (Phi) is 7.81. The van der Waals surface area contributed by atoms with Crippen molar-refractivity contribution in [2.75, 3.05) is 38.6 Å². The Hall–Kier alpha value is -1.50. The summed E-state index contributed by atoms with van der Waals surface area (Å²) in [4.78, 5) is 11.0. The summed E-state index contributed by atoms with van der Waals surface area (Å²) in [6, 6.07) is 0. The van der Waals surface area contributed by atoms with Crippen molar-refractivity contribution in [3.05, 3.63) is 22.7 Å². The van der Waals surface area contributed by atoms with Crippen LogP contribution in [0.15, 0.2) is 5.57 Å². The van der Waals surface area contributed by atoms with Crippen molar-refractivity contribution in [2.45, 2.75) is 52.4 Å². The molecule has 0 unspecified atom stereocenters. The molecular weight excluding hydrogens is 316 g/mol. The molecule has 6 heteroatoms. The molecule has 1 aromatic heterocycles. The third-order valence-corrected chi connectivity index (χ3v) is 4.88. The van der Waals surface area contributed by atoms with Crippen molar-refractivity contribution in [2.24, 2.45) is 0 Å². The van der Waals surface area contributed by atoms with Crippen LogP contribution in [0.25, 0.3) is 5.57 Å². The zero-order chi connectivity index (χ0) is 18.2. The van der Waals surface area contributed by atoms with E-state index in [4.69, 9.17) is 15.9 Å². The average Bonchev–Trinajstić information content (AvgIpc) is 2.87. The summed E-state index contributed by atoms with van der Waals surface area (Å²) in [5, 5.41) is 18.0. The van der Waals surface area contributed by atoms with Crippen LogP contribution in [0.5, 0.6) is 0 Å². The summed E-state index contributed by atoms with van der Waals surface area (Å²) in [6.45, 7) is 6.59. The van der Waals surface area contributed by atoms with E-state index in [0.717, 1.165) is 55.7 Å². The second-order valence-corrected chi connectivity index (χ2v) is 6.87. The smallest absolute Gasteiger partial charge is 0.131 e. The first-order chi connectivity index (χ1) is 12.1. The number of aromatic nitrogens is 2. The molecule has 0 spiro atoms. The molecule has 25 heavy (non-hydrogen) atoms. The standard InChI is InChI=1S/C19H32N4O2/c1-14-13-17-18(21-15(2)22-19(17)20)16(14)7-5-3-4-6-8-23(9-11-24)10-12-25/h24-25H,3-13H2,1-2H3,(H2,20,21,22). The molecule has 0 amide bonds. The molecule has 6 nitrogen and oxygen atoms in total. The molecule has 140 valence electrons. The van der Waals surface area contributed by atoms with Crippen molar-refractivity contribution < 1.29 is 10.2 Å². The lowest BCUT2D eigenvalue weighted by Gasteiger charge is -2.19. The van der Waals surface area contributed by atoms with E-state index in [1.165, 1.54) is 17.6 Å². The molecule has 4 N–H and O–H groups in total. The molecule has 1 aliphatic rings. The van der Waals surface area contributed by atoms with E-state index in [1.54, 1.807) is 0 Å². The summed E-state index contributed by atoms with van der Waals surface area (Å²) in [6.07, 6.45) is 6.52. The first kappa shape index (κ1) is 19.8. The predicted octanol–water partition coefficient (Wildman–Crippen LogP) is 1.93. The molecule has 2 rings (SSSR count). The lowest BCUT2D eigenvalue weighted by atomic mass is 10.0. The van der Waals surface area contributed by atoms with Gasteiger partial charge in [0.25, 0.3) is 0 Å². The fourth-order valence-corrected chi connectivity index (χ4v) is 3.56. The Balaban J connectivity index is 1.75. The van der Waals surface area contributed by atoms with Crippen molar-refractivity contribution >= 4 is 11.4 Å². The largest absolute Gasteiger partial charge is 0.395 e. The molecule has 0 bridgehead atoms. The molecule has 0 atom stereocenters. The van der Waals surface area contributed by atoms with Gasteiger partial charge in [0.15, 0.2) is 0 Å². The number of aliphatic hydroxyl groups excluding tert-OH is 2. The maximum atomic E-state index is 9.02. The highest BCUT2D eigenvalue weighted by Crippen LogP contribution is 2.36. The number of nitrogens with two attached hydrogens (primary N) is 1. The molecule has 0 aromatic carbocycles. The number of aryl methyl sites for hydroxylation is 1. The van der Waals surface area contributed by atoms with Crippen LogP contribution in [0, 0.1) is 6.92 Å². The molecule has 0 fully saturated rings. The van der Waals surface area contributed by atoms with Gasteiger partial charge in [-0.15, -0.1) is 0 Å². The Morgan fingerprint density at radius 3 is 2.32 bits per heavy atom. The van der Waals surface area contributed by atoms with Gasteiger partial charge in [-0.2, -0.15) is 0 Å². The third-order valence-electron chi connectivity index (χ3n) is 4.88. The van der Waals surface area contributed by atoms with Gasteiger partial charge in [0.1, 0.15) is 11.6 Å². The molecule has 0 aliphatic heterocycles. The number of rotatable bonds is 11. The first-order valence-corrected chi connectivity index (χ1v) is 9.32. The number of aliphatic hydroxyl groups is 2. The number of fused-ring (bicyclic) bond motifs is 1. The highest BCUT2D eigenvalue weighted by Gasteiger charge is 2.23. The van der Waals surface area contributed by atoms with Crippen LogP contribution in [-0.4, -0.2) is 57.9 Å². The molecular formula is C19H32N4O2. The zero-order valence-corrected chi connectivity index (χ0v) is 15.6. The molecule has 0 saturated heterocycles. The minimum atomic E-state index is 0.150. The predicted molar refractivity (Wildman–Crippen MR) is 101 cm³/mol. The van der Waals surface area contributed by atoms with Crippen molar-refractivity contribution in [1.82, 2.24) is 14.9 Å². The van der Waals surface area contributed by atoms with E-state index in [-0.39, 0.29) is 13.2 Å². The van der Waals surface area contributed by atoms with Gasteiger partial charge in [0.2, 0.25) is 0 Å².